The van der Waals surface area contributed by atoms with Crippen LogP contribution in [0, 0.1) is 0 Å². The highest BCUT2D eigenvalue weighted by molar-refractivity contribution is 5.81. The third-order valence-electron chi connectivity index (χ3n) is 1.98. The first kappa shape index (κ1) is 13.9. The molecule has 3 N–H and O–H groups in total. The second kappa shape index (κ2) is 8.23. The van der Waals surface area contributed by atoms with Gasteiger partial charge in [0.2, 0.25) is 11.8 Å². The van der Waals surface area contributed by atoms with Crippen LogP contribution in [0.5, 0.6) is 0 Å². The van der Waals surface area contributed by atoms with Gasteiger partial charge in [0.15, 0.2) is 0 Å². The highest BCUT2D eigenvalue weighted by Crippen LogP contribution is 1.93. The Morgan fingerprint density at radius 3 is 2.33 bits per heavy atom. The van der Waals surface area contributed by atoms with Gasteiger partial charge in [-0.05, 0) is 13.3 Å². The molecular formula is C10H21N3O2. The van der Waals surface area contributed by atoms with Gasteiger partial charge in [0, 0.05) is 13.1 Å². The van der Waals surface area contributed by atoms with E-state index in [-0.39, 0.29) is 30.9 Å². The molecule has 0 heterocycles. The maximum atomic E-state index is 11.3. The molecule has 0 radical (unpaired) electrons. The van der Waals surface area contributed by atoms with Crippen molar-refractivity contribution in [1.82, 2.24) is 16.0 Å². The van der Waals surface area contributed by atoms with E-state index in [4.69, 9.17) is 0 Å². The summed E-state index contributed by atoms with van der Waals surface area (Å²) in [6.45, 7) is 4.40. The molecule has 5 heteroatoms. The SMILES string of the molecule is CCCC(C)NC(=O)CNCC(=O)NC. The number of carbonyl (C=O) groups is 2. The smallest absolute Gasteiger partial charge is 0.234 e. The van der Waals surface area contributed by atoms with Crippen molar-refractivity contribution in [3.8, 4) is 0 Å². The average Bonchev–Trinajstić information content (AvgIpc) is 2.17. The van der Waals surface area contributed by atoms with E-state index in [2.05, 4.69) is 22.9 Å². The van der Waals surface area contributed by atoms with Crippen LogP contribution in [0.1, 0.15) is 26.7 Å². The van der Waals surface area contributed by atoms with Crippen LogP contribution in [0.25, 0.3) is 0 Å². The minimum atomic E-state index is -0.121. The van der Waals surface area contributed by atoms with Gasteiger partial charge in [0.25, 0.3) is 0 Å². The second-order valence-corrected chi connectivity index (χ2v) is 3.53. The standard InChI is InChI=1S/C10H21N3O2/c1-4-5-8(2)13-10(15)7-12-6-9(14)11-3/h8,12H,4-7H2,1-3H3,(H,11,14)(H,13,15). The number of hydrogen-bond acceptors (Lipinski definition) is 3. The Hall–Kier alpha value is -1.10. The molecule has 0 saturated carbocycles. The molecule has 0 aromatic carbocycles. The van der Waals surface area contributed by atoms with Crippen molar-refractivity contribution in [2.75, 3.05) is 20.1 Å². The molecule has 0 aliphatic heterocycles. The van der Waals surface area contributed by atoms with Gasteiger partial charge < -0.3 is 10.6 Å². The van der Waals surface area contributed by atoms with Crippen molar-refractivity contribution in [2.45, 2.75) is 32.7 Å². The molecular weight excluding hydrogens is 194 g/mol. The van der Waals surface area contributed by atoms with Crippen LogP contribution in [-0.4, -0.2) is 38.0 Å². The Morgan fingerprint density at radius 1 is 1.20 bits per heavy atom. The van der Waals surface area contributed by atoms with Crippen LogP contribution in [-0.2, 0) is 9.59 Å². The molecule has 15 heavy (non-hydrogen) atoms. The van der Waals surface area contributed by atoms with E-state index in [0.29, 0.717) is 0 Å². The zero-order valence-corrected chi connectivity index (χ0v) is 9.72. The normalized spacial score (nSPS) is 11.9. The number of carbonyl (C=O) groups excluding carboxylic acids is 2. The molecule has 0 saturated heterocycles. The number of amides is 2. The Kier molecular flexibility index (Phi) is 7.62. The molecule has 2 amide bonds. The molecule has 0 aliphatic rings. The van der Waals surface area contributed by atoms with Gasteiger partial charge in [-0.1, -0.05) is 13.3 Å². The largest absolute Gasteiger partial charge is 0.358 e. The molecule has 0 aliphatic carbocycles. The maximum absolute atomic E-state index is 11.3. The van der Waals surface area contributed by atoms with Crippen molar-refractivity contribution in [3.05, 3.63) is 0 Å². The maximum Gasteiger partial charge on any atom is 0.234 e. The van der Waals surface area contributed by atoms with Crippen molar-refractivity contribution >= 4 is 11.8 Å². The van der Waals surface area contributed by atoms with Gasteiger partial charge in [-0.3, -0.25) is 14.9 Å². The van der Waals surface area contributed by atoms with Crippen LogP contribution in [0.15, 0.2) is 0 Å². The van der Waals surface area contributed by atoms with E-state index < -0.39 is 0 Å². The van der Waals surface area contributed by atoms with Crippen molar-refractivity contribution in [3.63, 3.8) is 0 Å². The summed E-state index contributed by atoms with van der Waals surface area (Å²) >= 11 is 0. The van der Waals surface area contributed by atoms with E-state index in [1.807, 2.05) is 6.92 Å². The van der Waals surface area contributed by atoms with E-state index in [0.717, 1.165) is 12.8 Å². The van der Waals surface area contributed by atoms with Gasteiger partial charge in [0.05, 0.1) is 13.1 Å². The Morgan fingerprint density at radius 2 is 1.80 bits per heavy atom. The first-order valence-corrected chi connectivity index (χ1v) is 5.30. The van der Waals surface area contributed by atoms with E-state index >= 15 is 0 Å². The molecule has 5 nitrogen and oxygen atoms in total. The van der Waals surface area contributed by atoms with Crippen LogP contribution >= 0.6 is 0 Å². The second-order valence-electron chi connectivity index (χ2n) is 3.53. The average molecular weight is 215 g/mol. The Balaban J connectivity index is 3.53. The van der Waals surface area contributed by atoms with Gasteiger partial charge in [0.1, 0.15) is 0 Å². The third-order valence-corrected chi connectivity index (χ3v) is 1.98. The van der Waals surface area contributed by atoms with Gasteiger partial charge in [-0.25, -0.2) is 0 Å². The molecule has 0 aromatic heterocycles. The van der Waals surface area contributed by atoms with E-state index in [1.165, 1.54) is 0 Å². The third kappa shape index (κ3) is 7.93. The van der Waals surface area contributed by atoms with Crippen LogP contribution in [0.3, 0.4) is 0 Å². The van der Waals surface area contributed by atoms with Crippen molar-refractivity contribution < 1.29 is 9.59 Å². The van der Waals surface area contributed by atoms with Crippen LogP contribution in [0.2, 0.25) is 0 Å². The summed E-state index contributed by atoms with van der Waals surface area (Å²) in [6, 6.07) is 0.198. The van der Waals surface area contributed by atoms with Crippen molar-refractivity contribution in [2.24, 2.45) is 0 Å². The topological polar surface area (TPSA) is 70.2 Å². The fraction of sp³-hybridized carbons (Fsp3) is 0.800. The van der Waals surface area contributed by atoms with Crippen molar-refractivity contribution in [1.29, 1.82) is 0 Å². The number of rotatable bonds is 7. The van der Waals surface area contributed by atoms with Gasteiger partial charge in [-0.2, -0.15) is 0 Å². The van der Waals surface area contributed by atoms with Gasteiger partial charge in [-0.15, -0.1) is 0 Å². The molecule has 0 fully saturated rings. The summed E-state index contributed by atoms with van der Waals surface area (Å²) in [5, 5.41) is 8.07. The molecule has 88 valence electrons. The predicted octanol–water partition coefficient (Wildman–Crippen LogP) is -0.373. The summed E-state index contributed by atoms with van der Waals surface area (Å²) in [6.07, 6.45) is 2.02. The summed E-state index contributed by atoms with van der Waals surface area (Å²) < 4.78 is 0. The van der Waals surface area contributed by atoms with E-state index in [9.17, 15) is 9.59 Å². The number of likely N-dealkylation sites (N-methyl/N-ethyl adjacent to an activating group) is 1. The molecule has 0 aromatic rings. The highest BCUT2D eigenvalue weighted by Gasteiger charge is 2.06. The molecule has 1 atom stereocenters. The fourth-order valence-corrected chi connectivity index (χ4v) is 1.21. The molecule has 0 rings (SSSR count). The van der Waals surface area contributed by atoms with Crippen LogP contribution in [0.4, 0.5) is 0 Å². The lowest BCUT2D eigenvalue weighted by molar-refractivity contribution is -0.121. The molecule has 0 bridgehead atoms. The first-order valence-electron chi connectivity index (χ1n) is 5.30. The Bertz CT molecular complexity index is 207. The fourth-order valence-electron chi connectivity index (χ4n) is 1.21. The first-order chi connectivity index (χ1) is 7.10. The zero-order chi connectivity index (χ0) is 11.7. The minimum Gasteiger partial charge on any atom is -0.358 e. The van der Waals surface area contributed by atoms with Crippen LogP contribution < -0.4 is 16.0 Å². The lowest BCUT2D eigenvalue weighted by atomic mass is 10.2. The zero-order valence-electron chi connectivity index (χ0n) is 9.72. The lowest BCUT2D eigenvalue weighted by Gasteiger charge is -2.12. The summed E-state index contributed by atoms with van der Waals surface area (Å²) in [7, 11) is 1.56. The monoisotopic (exact) mass is 215 g/mol. The summed E-state index contributed by atoms with van der Waals surface area (Å²) in [4.78, 5) is 22.1. The predicted molar refractivity (Wildman–Crippen MR) is 59.4 cm³/mol. The number of hydrogen-bond donors (Lipinski definition) is 3. The lowest BCUT2D eigenvalue weighted by Crippen LogP contribution is -2.41. The summed E-state index contributed by atoms with van der Waals surface area (Å²) in [5.41, 5.74) is 0. The number of nitrogens with one attached hydrogen (secondary N) is 3. The minimum absolute atomic E-state index is 0.0696. The highest BCUT2D eigenvalue weighted by atomic mass is 16.2. The summed E-state index contributed by atoms with van der Waals surface area (Å²) in [5.74, 6) is -0.191. The van der Waals surface area contributed by atoms with E-state index in [1.54, 1.807) is 7.05 Å². The quantitative estimate of drug-likeness (QED) is 0.542. The Labute approximate surface area is 91.0 Å². The van der Waals surface area contributed by atoms with Gasteiger partial charge >= 0.3 is 0 Å². The molecule has 1 unspecified atom stereocenters. The molecule has 0 spiro atoms.